The van der Waals surface area contributed by atoms with Crippen molar-refractivity contribution < 1.29 is 9.21 Å². The van der Waals surface area contributed by atoms with Crippen LogP contribution in [0.5, 0.6) is 0 Å². The number of carbonyl (C=O) groups excluding carboxylic acids is 1. The molecule has 2 rings (SSSR count). The highest BCUT2D eigenvalue weighted by atomic mass is 16.3. The van der Waals surface area contributed by atoms with E-state index in [1.54, 1.807) is 0 Å². The van der Waals surface area contributed by atoms with Gasteiger partial charge in [-0.1, -0.05) is 32.0 Å². The highest BCUT2D eigenvalue weighted by Gasteiger charge is 2.11. The molecule has 0 bridgehead atoms. The molecule has 0 spiro atoms. The summed E-state index contributed by atoms with van der Waals surface area (Å²) in [6.45, 7) is 3.93. The van der Waals surface area contributed by atoms with Gasteiger partial charge in [0.2, 0.25) is 0 Å². The number of carbonyl (C=O) groups is 1. The number of fused-ring (bicyclic) bond motifs is 1. The molecular formula is C13H14O2. The van der Waals surface area contributed by atoms with Crippen molar-refractivity contribution in [3.8, 4) is 0 Å². The van der Waals surface area contributed by atoms with Crippen molar-refractivity contribution in [1.82, 2.24) is 0 Å². The van der Waals surface area contributed by atoms with Gasteiger partial charge in [-0.25, -0.2) is 0 Å². The Kier molecular flexibility index (Phi) is 2.58. The predicted octanol–water partition coefficient (Wildman–Crippen LogP) is 3.59. The maximum absolute atomic E-state index is 11.5. The molecule has 0 aliphatic carbocycles. The summed E-state index contributed by atoms with van der Waals surface area (Å²) in [4.78, 5) is 11.5. The van der Waals surface area contributed by atoms with Crippen LogP contribution >= 0.6 is 0 Å². The molecule has 1 aromatic heterocycles. The number of benzene rings is 1. The van der Waals surface area contributed by atoms with Crippen molar-refractivity contribution in [3.05, 3.63) is 35.6 Å². The van der Waals surface area contributed by atoms with Gasteiger partial charge in [-0.15, -0.1) is 0 Å². The normalized spacial score (nSPS) is 10.8. The third kappa shape index (κ3) is 1.67. The fraction of sp³-hybridized carbons (Fsp3) is 0.308. The van der Waals surface area contributed by atoms with Crippen molar-refractivity contribution in [2.45, 2.75) is 26.7 Å². The van der Waals surface area contributed by atoms with Gasteiger partial charge >= 0.3 is 0 Å². The van der Waals surface area contributed by atoms with E-state index in [0.717, 1.165) is 23.0 Å². The maximum atomic E-state index is 11.5. The average Bonchev–Trinajstić information content (AvgIpc) is 2.71. The zero-order valence-electron chi connectivity index (χ0n) is 9.04. The molecule has 0 saturated carbocycles. The van der Waals surface area contributed by atoms with E-state index in [9.17, 15) is 4.79 Å². The zero-order chi connectivity index (χ0) is 10.8. The number of rotatable bonds is 3. The predicted molar refractivity (Wildman–Crippen MR) is 60.2 cm³/mol. The molecule has 15 heavy (non-hydrogen) atoms. The van der Waals surface area contributed by atoms with Gasteiger partial charge in [0.15, 0.2) is 11.5 Å². The topological polar surface area (TPSA) is 30.2 Å². The Morgan fingerprint density at radius 2 is 2.13 bits per heavy atom. The minimum Gasteiger partial charge on any atom is -0.453 e. The number of hydrogen-bond donors (Lipinski definition) is 0. The number of hydrogen-bond acceptors (Lipinski definition) is 2. The van der Waals surface area contributed by atoms with Gasteiger partial charge in [-0.3, -0.25) is 4.79 Å². The molecule has 0 radical (unpaired) electrons. The lowest BCUT2D eigenvalue weighted by molar-refractivity contribution is 0.0963. The minimum absolute atomic E-state index is 0.0632. The SMILES string of the molecule is CCC(=O)c1cc2cccc(CC)c2o1. The number of Topliss-reactive ketones (excluding diaryl/α,β-unsaturated/α-hetero) is 1. The molecule has 1 heterocycles. The first-order valence-corrected chi connectivity index (χ1v) is 5.31. The summed E-state index contributed by atoms with van der Waals surface area (Å²) in [5, 5.41) is 1.02. The van der Waals surface area contributed by atoms with Crippen LogP contribution in [-0.4, -0.2) is 5.78 Å². The Morgan fingerprint density at radius 3 is 2.80 bits per heavy atom. The molecule has 2 nitrogen and oxygen atoms in total. The summed E-state index contributed by atoms with van der Waals surface area (Å²) >= 11 is 0. The van der Waals surface area contributed by atoms with Crippen LogP contribution in [0.1, 0.15) is 36.4 Å². The second kappa shape index (κ2) is 3.89. The van der Waals surface area contributed by atoms with Crippen molar-refractivity contribution >= 4 is 16.8 Å². The van der Waals surface area contributed by atoms with E-state index in [1.807, 2.05) is 31.2 Å². The molecular weight excluding hydrogens is 188 g/mol. The largest absolute Gasteiger partial charge is 0.453 e. The quantitative estimate of drug-likeness (QED) is 0.712. The fourth-order valence-electron chi connectivity index (χ4n) is 1.71. The van der Waals surface area contributed by atoms with E-state index in [4.69, 9.17) is 4.42 Å². The molecule has 2 aromatic rings. The Balaban J connectivity index is 2.60. The summed E-state index contributed by atoms with van der Waals surface area (Å²) in [5.41, 5.74) is 2.01. The molecule has 0 saturated heterocycles. The van der Waals surface area contributed by atoms with Gasteiger partial charge in [0, 0.05) is 11.8 Å². The molecule has 0 fully saturated rings. The van der Waals surface area contributed by atoms with Crippen LogP contribution < -0.4 is 0 Å². The molecule has 0 atom stereocenters. The first-order valence-electron chi connectivity index (χ1n) is 5.31. The van der Waals surface area contributed by atoms with Gasteiger partial charge in [0.1, 0.15) is 5.58 Å². The first-order chi connectivity index (χ1) is 7.26. The van der Waals surface area contributed by atoms with Gasteiger partial charge in [0.25, 0.3) is 0 Å². The lowest BCUT2D eigenvalue weighted by Gasteiger charge is -1.96. The van der Waals surface area contributed by atoms with Crippen molar-refractivity contribution in [1.29, 1.82) is 0 Å². The average molecular weight is 202 g/mol. The summed E-state index contributed by atoms with van der Waals surface area (Å²) in [5.74, 6) is 0.543. The number of aryl methyl sites for hydroxylation is 1. The van der Waals surface area contributed by atoms with Crippen LogP contribution in [0, 0.1) is 0 Å². The Bertz CT molecular complexity index is 494. The smallest absolute Gasteiger partial charge is 0.197 e. The number of para-hydroxylation sites is 1. The molecule has 0 aliphatic heterocycles. The number of ketones is 1. The Hall–Kier alpha value is -1.57. The van der Waals surface area contributed by atoms with Gasteiger partial charge < -0.3 is 4.42 Å². The standard InChI is InChI=1S/C13H14O2/c1-3-9-6-5-7-10-8-12(11(14)4-2)15-13(9)10/h5-8H,3-4H2,1-2H3. The highest BCUT2D eigenvalue weighted by Crippen LogP contribution is 2.24. The number of furan rings is 1. The Morgan fingerprint density at radius 1 is 1.33 bits per heavy atom. The zero-order valence-corrected chi connectivity index (χ0v) is 9.04. The van der Waals surface area contributed by atoms with E-state index < -0.39 is 0 Å². The summed E-state index contributed by atoms with van der Waals surface area (Å²) in [7, 11) is 0. The van der Waals surface area contributed by atoms with E-state index in [-0.39, 0.29) is 5.78 Å². The maximum Gasteiger partial charge on any atom is 0.197 e. The molecule has 0 aliphatic rings. The van der Waals surface area contributed by atoms with Crippen LogP contribution in [0.25, 0.3) is 11.0 Å². The Labute approximate surface area is 88.9 Å². The van der Waals surface area contributed by atoms with Crippen molar-refractivity contribution in [2.75, 3.05) is 0 Å². The molecule has 2 heteroatoms. The van der Waals surface area contributed by atoms with E-state index in [1.165, 1.54) is 0 Å². The van der Waals surface area contributed by atoms with E-state index in [2.05, 4.69) is 6.92 Å². The summed E-state index contributed by atoms with van der Waals surface area (Å²) in [6, 6.07) is 7.84. The second-order valence-corrected chi connectivity index (χ2v) is 3.58. The summed E-state index contributed by atoms with van der Waals surface area (Å²) in [6.07, 6.45) is 1.41. The van der Waals surface area contributed by atoms with Crippen molar-refractivity contribution in [2.24, 2.45) is 0 Å². The van der Waals surface area contributed by atoms with E-state index in [0.29, 0.717) is 12.2 Å². The van der Waals surface area contributed by atoms with Crippen molar-refractivity contribution in [3.63, 3.8) is 0 Å². The monoisotopic (exact) mass is 202 g/mol. The first kappa shape index (κ1) is 9.97. The van der Waals surface area contributed by atoms with Crippen LogP contribution in [0.2, 0.25) is 0 Å². The lowest BCUT2D eigenvalue weighted by Crippen LogP contribution is -1.92. The summed E-state index contributed by atoms with van der Waals surface area (Å²) < 4.78 is 5.59. The molecule has 1 aromatic carbocycles. The molecule has 0 unspecified atom stereocenters. The van der Waals surface area contributed by atoms with Crippen LogP contribution in [0.4, 0.5) is 0 Å². The molecule has 78 valence electrons. The highest BCUT2D eigenvalue weighted by molar-refractivity contribution is 5.97. The second-order valence-electron chi connectivity index (χ2n) is 3.58. The van der Waals surface area contributed by atoms with Crippen LogP contribution in [0.3, 0.4) is 0 Å². The van der Waals surface area contributed by atoms with Gasteiger partial charge in [0.05, 0.1) is 0 Å². The van der Waals surface area contributed by atoms with Crippen LogP contribution in [-0.2, 0) is 6.42 Å². The lowest BCUT2D eigenvalue weighted by atomic mass is 10.1. The van der Waals surface area contributed by atoms with Gasteiger partial charge in [-0.2, -0.15) is 0 Å². The minimum atomic E-state index is 0.0632. The fourth-order valence-corrected chi connectivity index (χ4v) is 1.71. The van der Waals surface area contributed by atoms with Gasteiger partial charge in [-0.05, 0) is 18.1 Å². The third-order valence-corrected chi connectivity index (χ3v) is 2.60. The molecule has 0 amide bonds. The van der Waals surface area contributed by atoms with Crippen LogP contribution in [0.15, 0.2) is 28.7 Å². The molecule has 0 N–H and O–H groups in total. The van der Waals surface area contributed by atoms with E-state index >= 15 is 0 Å². The third-order valence-electron chi connectivity index (χ3n) is 2.60.